The molecule has 43 heavy (non-hydrogen) atoms. The molecule has 4 rings (SSSR count). The summed E-state index contributed by atoms with van der Waals surface area (Å²) in [6, 6.07) is 7.28. The van der Waals surface area contributed by atoms with Crippen molar-refractivity contribution in [3.8, 4) is 28.9 Å². The van der Waals surface area contributed by atoms with Gasteiger partial charge in [0.2, 0.25) is 11.6 Å². The van der Waals surface area contributed by atoms with E-state index in [-0.39, 0.29) is 41.7 Å². The van der Waals surface area contributed by atoms with E-state index in [1.165, 1.54) is 30.3 Å². The molecule has 3 atom stereocenters. The largest absolute Gasteiger partial charge is 0.611 e. The molecule has 0 amide bonds. The van der Waals surface area contributed by atoms with E-state index in [2.05, 4.69) is 9.98 Å². The second-order valence-electron chi connectivity index (χ2n) is 9.40. The molecule has 2 heterocycles. The van der Waals surface area contributed by atoms with Crippen LogP contribution in [-0.4, -0.2) is 69.6 Å². The van der Waals surface area contributed by atoms with Crippen molar-refractivity contribution in [2.24, 2.45) is 16.5 Å². The molecular formula is C28H30F2N6O6S. The lowest BCUT2D eigenvalue weighted by Gasteiger charge is -2.22. The van der Waals surface area contributed by atoms with E-state index in [9.17, 15) is 18.8 Å². The van der Waals surface area contributed by atoms with Crippen molar-refractivity contribution in [2.45, 2.75) is 30.4 Å². The Labute approximate surface area is 249 Å². The molecule has 15 heteroatoms. The number of amidine groups is 1. The van der Waals surface area contributed by atoms with Crippen molar-refractivity contribution in [2.75, 3.05) is 26.0 Å². The van der Waals surface area contributed by atoms with Crippen LogP contribution in [0.15, 0.2) is 52.5 Å². The van der Waals surface area contributed by atoms with Crippen LogP contribution in [0.25, 0.3) is 0 Å². The number of nitrogens with zero attached hydrogens (tertiary/aromatic N) is 3. The molecule has 3 aromatic rings. The first-order valence-electron chi connectivity index (χ1n) is 13.0. The van der Waals surface area contributed by atoms with Gasteiger partial charge < -0.3 is 35.3 Å². The SMILES string of the molecule is CCOC(=O)C(N)CC[S+]([O-])c1ccc(Oc2c(F)cnc(Oc3cc(C(=N)N)ccc3O)c2F)c(C2N=CCN2C)c1. The maximum atomic E-state index is 15.5. The second kappa shape index (κ2) is 13.8. The van der Waals surface area contributed by atoms with Gasteiger partial charge in [0.15, 0.2) is 22.2 Å². The summed E-state index contributed by atoms with van der Waals surface area (Å²) >= 11 is -1.58. The molecular weight excluding hydrogens is 586 g/mol. The minimum atomic E-state index is -1.58. The van der Waals surface area contributed by atoms with Gasteiger partial charge in [0.25, 0.3) is 5.88 Å². The fraction of sp³-hybridized carbons (Fsp3) is 0.286. The summed E-state index contributed by atoms with van der Waals surface area (Å²) in [6.07, 6.45) is 1.86. The number of nitrogens with two attached hydrogens (primary N) is 2. The van der Waals surface area contributed by atoms with Gasteiger partial charge in [-0.1, -0.05) is 0 Å². The average molecular weight is 617 g/mol. The highest BCUT2D eigenvalue weighted by Gasteiger charge is 2.28. The van der Waals surface area contributed by atoms with E-state index in [1.54, 1.807) is 26.3 Å². The number of carbonyl (C=O) groups excluding carboxylic acids is 1. The second-order valence-corrected chi connectivity index (χ2v) is 11.0. The molecule has 12 nitrogen and oxygen atoms in total. The summed E-state index contributed by atoms with van der Waals surface area (Å²) in [6.45, 7) is 2.33. The first-order valence-corrected chi connectivity index (χ1v) is 14.4. The molecule has 0 saturated carbocycles. The van der Waals surface area contributed by atoms with E-state index in [1.807, 2.05) is 4.90 Å². The normalized spacial score (nSPS) is 16.1. The zero-order valence-electron chi connectivity index (χ0n) is 23.3. The highest BCUT2D eigenvalue weighted by molar-refractivity contribution is 7.91. The van der Waals surface area contributed by atoms with Gasteiger partial charge in [-0.2, -0.15) is 4.39 Å². The minimum Gasteiger partial charge on any atom is -0.611 e. The van der Waals surface area contributed by atoms with Crippen LogP contribution in [0.2, 0.25) is 0 Å². The number of ether oxygens (including phenoxy) is 3. The standard InChI is InChI=1S/C28H30F2N6O6S/c1-3-40-28(38)19(31)8-11-43(39)16-5-7-21(17(13-16)26-34-9-10-36(26)2)41-24-18(29)14-35-27(23(24)30)42-22-12-15(25(32)33)4-6-20(22)37/h4-7,9,12-14,19,26,37H,3,8,10-11,31H2,1-2H3,(H3,32,33). The fourth-order valence-corrected chi connectivity index (χ4v) is 5.25. The Bertz CT molecular complexity index is 1540. The molecule has 228 valence electrons. The van der Waals surface area contributed by atoms with Crippen LogP contribution in [0.1, 0.15) is 30.6 Å². The smallest absolute Gasteiger partial charge is 0.323 e. The van der Waals surface area contributed by atoms with Crippen LogP contribution in [0.4, 0.5) is 8.78 Å². The number of esters is 1. The lowest BCUT2D eigenvalue weighted by molar-refractivity contribution is -0.144. The third kappa shape index (κ3) is 7.37. The van der Waals surface area contributed by atoms with E-state index in [4.69, 9.17) is 31.1 Å². The van der Waals surface area contributed by atoms with E-state index in [0.717, 1.165) is 0 Å². The summed E-state index contributed by atoms with van der Waals surface area (Å²) in [5, 5.41) is 17.7. The number of carbonyl (C=O) groups is 1. The molecule has 0 saturated heterocycles. The van der Waals surface area contributed by atoms with Crippen molar-refractivity contribution in [1.29, 1.82) is 5.41 Å². The molecule has 3 unspecified atom stereocenters. The van der Waals surface area contributed by atoms with Crippen LogP contribution >= 0.6 is 0 Å². The lowest BCUT2D eigenvalue weighted by atomic mass is 10.1. The zero-order valence-corrected chi connectivity index (χ0v) is 24.1. The Kier molecular flexibility index (Phi) is 10.1. The van der Waals surface area contributed by atoms with Crippen molar-refractivity contribution < 1.29 is 37.4 Å². The number of hydrogen-bond donors (Lipinski definition) is 4. The number of phenolic OH excluding ortho intramolecular Hbond substituents is 1. The summed E-state index contributed by atoms with van der Waals surface area (Å²) in [4.78, 5) is 22.1. The van der Waals surface area contributed by atoms with E-state index >= 15 is 4.39 Å². The topological polar surface area (TPSA) is 192 Å². The number of halogens is 2. The summed E-state index contributed by atoms with van der Waals surface area (Å²) < 4.78 is 59.5. The van der Waals surface area contributed by atoms with Gasteiger partial charge in [-0.3, -0.25) is 20.1 Å². The first kappa shape index (κ1) is 31.6. The summed E-state index contributed by atoms with van der Waals surface area (Å²) in [5.41, 5.74) is 11.9. The van der Waals surface area contributed by atoms with Gasteiger partial charge in [-0.15, -0.1) is 0 Å². The maximum absolute atomic E-state index is 15.5. The number of phenols is 1. The Morgan fingerprint density at radius 1 is 1.26 bits per heavy atom. The molecule has 0 spiro atoms. The van der Waals surface area contributed by atoms with Crippen molar-refractivity contribution in [1.82, 2.24) is 9.88 Å². The Balaban J connectivity index is 1.63. The molecule has 1 aliphatic heterocycles. The minimum absolute atomic E-state index is 0.0243. The van der Waals surface area contributed by atoms with Gasteiger partial charge in [-0.25, -0.2) is 9.37 Å². The van der Waals surface area contributed by atoms with Gasteiger partial charge in [0.05, 0.1) is 12.8 Å². The third-order valence-electron chi connectivity index (χ3n) is 6.35. The van der Waals surface area contributed by atoms with Gasteiger partial charge in [0, 0.05) is 36.4 Å². The van der Waals surface area contributed by atoms with Crippen LogP contribution < -0.4 is 20.9 Å². The number of nitrogens with one attached hydrogen (secondary N) is 1. The summed E-state index contributed by atoms with van der Waals surface area (Å²) in [5.74, 6) is -5.47. The van der Waals surface area contributed by atoms with Crippen LogP contribution in [0, 0.1) is 17.0 Å². The van der Waals surface area contributed by atoms with Crippen molar-refractivity contribution in [3.05, 3.63) is 65.4 Å². The Morgan fingerprint density at radius 3 is 2.70 bits per heavy atom. The molecule has 1 aliphatic rings. The van der Waals surface area contributed by atoms with Gasteiger partial charge in [0.1, 0.15) is 29.5 Å². The van der Waals surface area contributed by atoms with Crippen LogP contribution in [-0.2, 0) is 20.7 Å². The molecule has 0 radical (unpaired) electrons. The maximum Gasteiger partial charge on any atom is 0.323 e. The summed E-state index contributed by atoms with van der Waals surface area (Å²) in [7, 11) is 1.78. The molecule has 2 aromatic carbocycles. The third-order valence-corrected chi connectivity index (χ3v) is 7.73. The number of rotatable bonds is 12. The fourth-order valence-electron chi connectivity index (χ4n) is 4.06. The predicted molar refractivity (Wildman–Crippen MR) is 154 cm³/mol. The number of hydrogen-bond acceptors (Lipinski definition) is 11. The molecule has 0 aliphatic carbocycles. The lowest BCUT2D eigenvalue weighted by Crippen LogP contribution is -2.34. The number of nitrogen functional groups attached to an aromatic ring is 1. The molecule has 1 aromatic heterocycles. The number of aromatic hydroxyl groups is 1. The number of aromatic nitrogens is 1. The zero-order chi connectivity index (χ0) is 31.3. The van der Waals surface area contributed by atoms with Crippen LogP contribution in [0.3, 0.4) is 0 Å². The van der Waals surface area contributed by atoms with Crippen molar-refractivity contribution >= 4 is 29.2 Å². The first-order chi connectivity index (χ1) is 20.5. The monoisotopic (exact) mass is 616 g/mol. The van der Waals surface area contributed by atoms with E-state index < -0.39 is 58.4 Å². The number of benzene rings is 2. The number of pyridine rings is 1. The van der Waals surface area contributed by atoms with Crippen molar-refractivity contribution in [3.63, 3.8) is 0 Å². The quantitative estimate of drug-likeness (QED) is 0.102. The average Bonchev–Trinajstić information content (AvgIpc) is 3.41. The van der Waals surface area contributed by atoms with E-state index in [0.29, 0.717) is 23.2 Å². The van der Waals surface area contributed by atoms with Gasteiger partial charge in [-0.05, 0) is 55.5 Å². The molecule has 0 fully saturated rings. The van der Waals surface area contributed by atoms with Gasteiger partial charge >= 0.3 is 5.97 Å². The molecule has 6 N–H and O–H groups in total. The number of aliphatic imine (C=N–C) groups is 1. The highest BCUT2D eigenvalue weighted by atomic mass is 32.2. The Hall–Kier alpha value is -4.31. The predicted octanol–water partition coefficient (Wildman–Crippen LogP) is 3.34. The highest BCUT2D eigenvalue weighted by Crippen LogP contribution is 2.40. The molecule has 0 bridgehead atoms. The van der Waals surface area contributed by atoms with Crippen LogP contribution in [0.5, 0.6) is 28.9 Å². The Morgan fingerprint density at radius 2 is 2.02 bits per heavy atom.